The average Bonchev–Trinajstić information content (AvgIpc) is 2.81. The lowest BCUT2D eigenvalue weighted by Gasteiger charge is -2.09. The maximum Gasteiger partial charge on any atom is 0.340 e. The third-order valence-electron chi connectivity index (χ3n) is 4.52. The van der Waals surface area contributed by atoms with Gasteiger partial charge in [-0.3, -0.25) is 9.59 Å². The van der Waals surface area contributed by atoms with Gasteiger partial charge in [-0.15, -0.1) is 0 Å². The van der Waals surface area contributed by atoms with Gasteiger partial charge in [-0.05, 0) is 75.5 Å². The third kappa shape index (κ3) is 6.38. The molecule has 0 atom stereocenters. The molecule has 0 heterocycles. The number of Topliss-reactive ketones (excluding diaryl/α,β-unsaturated/α-hetero) is 2. The molecule has 0 fully saturated rings. The Morgan fingerprint density at radius 1 is 0.667 bits per heavy atom. The smallest absolute Gasteiger partial charge is 0.340 e. The van der Waals surface area contributed by atoms with Gasteiger partial charge >= 0.3 is 11.9 Å². The van der Waals surface area contributed by atoms with E-state index in [0.29, 0.717) is 11.1 Å². The van der Waals surface area contributed by atoms with Crippen LogP contribution in [0.15, 0.2) is 66.7 Å². The van der Waals surface area contributed by atoms with E-state index in [4.69, 9.17) is 15.2 Å². The Labute approximate surface area is 216 Å². The zero-order valence-electron chi connectivity index (χ0n) is 17.0. The van der Waals surface area contributed by atoms with Gasteiger partial charge in [-0.25, -0.2) is 9.59 Å². The van der Waals surface area contributed by atoms with Gasteiger partial charge in [0.1, 0.15) is 0 Å². The van der Waals surface area contributed by atoms with Crippen LogP contribution < -0.4 is 5.73 Å². The first-order valence-corrected chi connectivity index (χ1v) is 11.7. The Morgan fingerprint density at radius 3 is 1.64 bits per heavy atom. The molecule has 33 heavy (non-hydrogen) atoms. The summed E-state index contributed by atoms with van der Waals surface area (Å²) in [5, 5.41) is 0. The lowest BCUT2D eigenvalue weighted by atomic mass is 10.1. The number of ketones is 2. The van der Waals surface area contributed by atoms with Crippen molar-refractivity contribution in [3.63, 3.8) is 0 Å². The maximum absolute atomic E-state index is 12.4. The second-order valence-electron chi connectivity index (χ2n) is 6.76. The zero-order valence-corrected chi connectivity index (χ0v) is 21.4. The van der Waals surface area contributed by atoms with E-state index in [1.54, 1.807) is 48.5 Å². The van der Waals surface area contributed by atoms with Gasteiger partial charge in [-0.2, -0.15) is 0 Å². The summed E-state index contributed by atoms with van der Waals surface area (Å²) in [6, 6.07) is 17.8. The number of nitrogen functional groups attached to an aromatic ring is 1. The van der Waals surface area contributed by atoms with Gasteiger partial charge in [0.2, 0.25) is 11.6 Å². The Balaban J connectivity index is 1.59. The lowest BCUT2D eigenvalue weighted by molar-refractivity contribution is 0.0468. The van der Waals surface area contributed by atoms with E-state index < -0.39 is 25.2 Å². The van der Waals surface area contributed by atoms with E-state index in [-0.39, 0.29) is 28.4 Å². The Morgan fingerprint density at radius 2 is 1.15 bits per heavy atom. The second kappa shape index (κ2) is 11.4. The van der Waals surface area contributed by atoms with Crippen LogP contribution in [0, 0.1) is 7.14 Å². The van der Waals surface area contributed by atoms with E-state index in [9.17, 15) is 19.2 Å². The fraction of sp³-hybridized carbons (Fsp3) is 0.0833. The van der Waals surface area contributed by atoms with Crippen molar-refractivity contribution in [2.45, 2.75) is 0 Å². The van der Waals surface area contributed by atoms with Gasteiger partial charge in [-0.1, -0.05) is 36.4 Å². The molecule has 0 radical (unpaired) electrons. The topological polar surface area (TPSA) is 113 Å². The number of hydrogen-bond donors (Lipinski definition) is 1. The number of nitrogens with two attached hydrogens (primary N) is 1. The number of rotatable bonds is 8. The van der Waals surface area contributed by atoms with Gasteiger partial charge in [0.15, 0.2) is 13.2 Å². The molecule has 2 N–H and O–H groups in total. The summed E-state index contributed by atoms with van der Waals surface area (Å²) in [5.74, 6) is -2.22. The molecule has 3 aromatic rings. The third-order valence-corrected chi connectivity index (χ3v) is 6.41. The van der Waals surface area contributed by atoms with Gasteiger partial charge in [0.25, 0.3) is 0 Å². The lowest BCUT2D eigenvalue weighted by Crippen LogP contribution is -2.17. The monoisotopic (exact) mass is 669 g/mol. The van der Waals surface area contributed by atoms with Crippen molar-refractivity contribution in [2.75, 3.05) is 18.9 Å². The number of esters is 2. The molecule has 0 saturated heterocycles. The Kier molecular flexibility index (Phi) is 8.55. The summed E-state index contributed by atoms with van der Waals surface area (Å²) in [4.78, 5) is 49.2. The molecule has 0 spiro atoms. The van der Waals surface area contributed by atoms with Crippen molar-refractivity contribution in [3.05, 3.63) is 96.1 Å². The highest BCUT2D eigenvalue weighted by Gasteiger charge is 2.19. The number of carbonyl (C=O) groups is 4. The van der Waals surface area contributed by atoms with Crippen molar-refractivity contribution in [3.8, 4) is 0 Å². The summed E-state index contributed by atoms with van der Waals surface area (Å²) in [6.45, 7) is -0.870. The van der Waals surface area contributed by atoms with Crippen LogP contribution >= 0.6 is 45.2 Å². The number of benzene rings is 3. The van der Waals surface area contributed by atoms with E-state index in [0.717, 1.165) is 7.14 Å². The molecular weight excluding hydrogens is 652 g/mol. The summed E-state index contributed by atoms with van der Waals surface area (Å²) in [6.07, 6.45) is 0. The van der Waals surface area contributed by atoms with Crippen molar-refractivity contribution in [1.29, 1.82) is 0 Å². The first-order chi connectivity index (χ1) is 15.8. The van der Waals surface area contributed by atoms with Crippen LogP contribution in [0.1, 0.15) is 41.4 Å². The normalized spacial score (nSPS) is 10.4. The van der Waals surface area contributed by atoms with Crippen LogP contribution in [0.4, 0.5) is 5.69 Å². The SMILES string of the molecule is Nc1cc(C(=O)OCC(=O)c2ccccc2I)ccc1C(=O)OCC(=O)c1ccccc1I. The minimum atomic E-state index is -0.791. The van der Waals surface area contributed by atoms with Crippen molar-refractivity contribution < 1.29 is 28.7 Å². The molecule has 3 rings (SSSR count). The molecule has 0 aromatic heterocycles. The number of hydrogen-bond acceptors (Lipinski definition) is 7. The predicted molar refractivity (Wildman–Crippen MR) is 138 cm³/mol. The minimum absolute atomic E-state index is 0.0111. The molecule has 0 aliphatic carbocycles. The molecule has 0 unspecified atom stereocenters. The summed E-state index contributed by atoms with van der Waals surface area (Å²) in [5.41, 5.74) is 6.90. The fourth-order valence-electron chi connectivity index (χ4n) is 2.83. The number of ether oxygens (including phenoxy) is 2. The van der Waals surface area contributed by atoms with Crippen LogP contribution in [-0.4, -0.2) is 36.7 Å². The molecule has 168 valence electrons. The largest absolute Gasteiger partial charge is 0.454 e. The molecule has 7 nitrogen and oxygen atoms in total. The van der Waals surface area contributed by atoms with Crippen LogP contribution in [0.5, 0.6) is 0 Å². The Hall–Kier alpha value is -2.80. The fourth-order valence-corrected chi connectivity index (χ4v) is 4.21. The summed E-state index contributed by atoms with van der Waals surface area (Å²) in [7, 11) is 0. The van der Waals surface area contributed by atoms with Crippen LogP contribution in [0.25, 0.3) is 0 Å². The number of carbonyl (C=O) groups excluding carboxylic acids is 4. The van der Waals surface area contributed by atoms with Crippen molar-refractivity contribution in [2.24, 2.45) is 0 Å². The molecule has 0 amide bonds. The standard InChI is InChI=1S/C24H17I2NO6/c25-18-7-3-1-5-15(18)21(28)12-32-23(30)14-9-10-17(20(27)11-14)24(31)33-13-22(29)16-6-2-4-8-19(16)26/h1-11H,12-13,27H2. The highest BCUT2D eigenvalue weighted by Crippen LogP contribution is 2.18. The molecule has 0 aliphatic rings. The molecule has 0 bridgehead atoms. The van der Waals surface area contributed by atoms with Crippen LogP contribution in [0.3, 0.4) is 0 Å². The van der Waals surface area contributed by atoms with Crippen molar-refractivity contribution in [1.82, 2.24) is 0 Å². The van der Waals surface area contributed by atoms with Crippen LogP contribution in [-0.2, 0) is 9.47 Å². The first-order valence-electron chi connectivity index (χ1n) is 9.57. The van der Waals surface area contributed by atoms with Gasteiger partial charge in [0.05, 0.1) is 11.1 Å². The average molecular weight is 669 g/mol. The van der Waals surface area contributed by atoms with Crippen molar-refractivity contribution >= 4 is 74.4 Å². The van der Waals surface area contributed by atoms with E-state index in [1.165, 1.54) is 18.2 Å². The van der Waals surface area contributed by atoms with E-state index in [1.807, 2.05) is 45.2 Å². The maximum atomic E-state index is 12.4. The molecule has 3 aromatic carbocycles. The van der Waals surface area contributed by atoms with Crippen LogP contribution in [0.2, 0.25) is 0 Å². The summed E-state index contributed by atoms with van der Waals surface area (Å²) < 4.78 is 11.7. The second-order valence-corrected chi connectivity index (χ2v) is 9.08. The number of halogens is 2. The van der Waals surface area contributed by atoms with E-state index in [2.05, 4.69) is 0 Å². The quantitative estimate of drug-likeness (QED) is 0.162. The van der Waals surface area contributed by atoms with E-state index >= 15 is 0 Å². The molecule has 0 saturated carbocycles. The molecule has 0 aliphatic heterocycles. The van der Waals surface area contributed by atoms with Gasteiger partial charge in [0, 0.05) is 24.0 Å². The molecular formula is C24H17I2NO6. The first kappa shape index (κ1) is 24.8. The summed E-state index contributed by atoms with van der Waals surface area (Å²) >= 11 is 4.06. The Bertz CT molecular complexity index is 1240. The predicted octanol–water partition coefficient (Wildman–Crippen LogP) is 4.56. The minimum Gasteiger partial charge on any atom is -0.454 e. The zero-order chi connectivity index (χ0) is 24.0. The number of anilines is 1. The van der Waals surface area contributed by atoms with Gasteiger partial charge < -0.3 is 15.2 Å². The highest BCUT2D eigenvalue weighted by atomic mass is 127. The highest BCUT2D eigenvalue weighted by molar-refractivity contribution is 14.1. The molecule has 9 heteroatoms.